The van der Waals surface area contributed by atoms with E-state index in [9.17, 15) is 26.4 Å². The topological polar surface area (TPSA) is 101 Å². The number of pyridine rings is 1. The summed E-state index contributed by atoms with van der Waals surface area (Å²) in [6.45, 7) is 0. The van der Waals surface area contributed by atoms with Gasteiger partial charge < -0.3 is 9.72 Å². The Morgan fingerprint density at radius 2 is 1.82 bits per heavy atom. The fourth-order valence-electron chi connectivity index (χ4n) is 3.08. The first-order valence-corrected chi connectivity index (χ1v) is 11.0. The van der Waals surface area contributed by atoms with Crippen molar-refractivity contribution in [1.82, 2.24) is 9.97 Å². The molecule has 4 aromatic rings. The van der Waals surface area contributed by atoms with Crippen LogP contribution in [0.25, 0.3) is 11.0 Å². The molecule has 0 radical (unpaired) electrons. The molecule has 0 aliphatic heterocycles. The molecule has 170 valence electrons. The Kier molecular flexibility index (Phi) is 5.76. The van der Waals surface area contributed by atoms with Crippen molar-refractivity contribution >= 4 is 44.1 Å². The van der Waals surface area contributed by atoms with E-state index in [-0.39, 0.29) is 21.9 Å². The monoisotopic (exact) mass is 495 g/mol. The lowest BCUT2D eigenvalue weighted by Crippen LogP contribution is -2.17. The molecule has 0 saturated heterocycles. The van der Waals surface area contributed by atoms with Gasteiger partial charge in [-0.15, -0.1) is 13.2 Å². The molecule has 2 heterocycles. The summed E-state index contributed by atoms with van der Waals surface area (Å²) in [5, 5.41) is 0.865. The lowest BCUT2D eigenvalue weighted by Gasteiger charge is -2.11. The summed E-state index contributed by atoms with van der Waals surface area (Å²) in [5.41, 5.74) is 1.07. The SMILES string of the molecule is O=C(c1cccc(NS(=O)(=O)c2ccc(OC(F)(F)F)cc2)c1)c1c[nH]c2ncc(Cl)cc12. The summed E-state index contributed by atoms with van der Waals surface area (Å²) in [6, 6.07) is 11.1. The number of alkyl halides is 3. The molecule has 7 nitrogen and oxygen atoms in total. The summed E-state index contributed by atoms with van der Waals surface area (Å²) in [4.78, 5) is 19.7. The van der Waals surface area contributed by atoms with Crippen LogP contribution in [0, 0.1) is 0 Å². The number of aromatic nitrogens is 2. The highest BCUT2D eigenvalue weighted by atomic mass is 35.5. The van der Waals surface area contributed by atoms with Gasteiger partial charge in [0.25, 0.3) is 10.0 Å². The molecule has 0 spiro atoms. The summed E-state index contributed by atoms with van der Waals surface area (Å²) < 4.78 is 68.2. The van der Waals surface area contributed by atoms with E-state index in [2.05, 4.69) is 19.4 Å². The maximum Gasteiger partial charge on any atom is 0.573 e. The van der Waals surface area contributed by atoms with E-state index >= 15 is 0 Å². The number of nitrogens with one attached hydrogen (secondary N) is 2. The number of carbonyl (C=O) groups is 1. The number of ether oxygens (including phenoxy) is 1. The van der Waals surface area contributed by atoms with Gasteiger partial charge in [0.1, 0.15) is 11.4 Å². The summed E-state index contributed by atoms with van der Waals surface area (Å²) >= 11 is 5.97. The first-order chi connectivity index (χ1) is 15.5. The van der Waals surface area contributed by atoms with Crippen LogP contribution in [0.3, 0.4) is 0 Å². The van der Waals surface area contributed by atoms with Gasteiger partial charge in [-0.25, -0.2) is 13.4 Å². The average molecular weight is 496 g/mol. The molecule has 33 heavy (non-hydrogen) atoms. The number of aromatic amines is 1. The van der Waals surface area contributed by atoms with Crippen LogP contribution in [-0.4, -0.2) is 30.5 Å². The van der Waals surface area contributed by atoms with Crippen LogP contribution < -0.4 is 9.46 Å². The molecule has 0 atom stereocenters. The molecule has 12 heteroatoms. The zero-order valence-electron chi connectivity index (χ0n) is 16.4. The van der Waals surface area contributed by atoms with Gasteiger partial charge in [0.2, 0.25) is 0 Å². The Labute approximate surface area is 190 Å². The van der Waals surface area contributed by atoms with Crippen LogP contribution in [0.2, 0.25) is 5.02 Å². The smallest absolute Gasteiger partial charge is 0.406 e. The molecule has 2 aromatic heterocycles. The molecule has 0 aliphatic rings. The number of halogens is 4. The number of hydrogen-bond donors (Lipinski definition) is 2. The quantitative estimate of drug-likeness (QED) is 0.360. The van der Waals surface area contributed by atoms with Crippen LogP contribution in [0.15, 0.2) is 71.9 Å². The van der Waals surface area contributed by atoms with Crippen molar-refractivity contribution < 1.29 is 31.1 Å². The lowest BCUT2D eigenvalue weighted by atomic mass is 10.0. The second-order valence-corrected chi connectivity index (χ2v) is 8.91. The van der Waals surface area contributed by atoms with Gasteiger partial charge >= 0.3 is 6.36 Å². The zero-order valence-corrected chi connectivity index (χ0v) is 17.9. The highest BCUT2D eigenvalue weighted by Gasteiger charge is 2.31. The molecular weight excluding hydrogens is 483 g/mol. The molecule has 0 saturated carbocycles. The van der Waals surface area contributed by atoms with E-state index < -0.39 is 22.1 Å². The van der Waals surface area contributed by atoms with Crippen LogP contribution >= 0.6 is 11.6 Å². The number of ketones is 1. The molecule has 2 aromatic carbocycles. The first-order valence-electron chi connectivity index (χ1n) is 9.18. The Morgan fingerprint density at radius 3 is 2.52 bits per heavy atom. The van der Waals surface area contributed by atoms with E-state index in [1.54, 1.807) is 6.07 Å². The Balaban J connectivity index is 1.57. The summed E-state index contributed by atoms with van der Waals surface area (Å²) in [5.74, 6) is -0.942. The van der Waals surface area contributed by atoms with Gasteiger partial charge in [0.15, 0.2) is 5.78 Å². The molecule has 0 amide bonds. The predicted octanol–water partition coefficient (Wildman–Crippen LogP) is 5.15. The van der Waals surface area contributed by atoms with Gasteiger partial charge in [0, 0.05) is 34.6 Å². The van der Waals surface area contributed by atoms with Crippen molar-refractivity contribution in [3.8, 4) is 5.75 Å². The number of hydrogen-bond acceptors (Lipinski definition) is 5. The Hall–Kier alpha value is -3.57. The van der Waals surface area contributed by atoms with Crippen molar-refractivity contribution in [1.29, 1.82) is 0 Å². The zero-order chi connectivity index (χ0) is 23.8. The van der Waals surface area contributed by atoms with Gasteiger partial charge in [-0.1, -0.05) is 23.7 Å². The minimum Gasteiger partial charge on any atom is -0.406 e. The van der Waals surface area contributed by atoms with E-state index in [0.29, 0.717) is 21.6 Å². The van der Waals surface area contributed by atoms with Crippen LogP contribution in [0.1, 0.15) is 15.9 Å². The summed E-state index contributed by atoms with van der Waals surface area (Å²) in [6.07, 6.45) is -1.97. The number of carbonyl (C=O) groups excluding carboxylic acids is 1. The lowest BCUT2D eigenvalue weighted by molar-refractivity contribution is -0.274. The minimum atomic E-state index is -4.89. The third-order valence-electron chi connectivity index (χ3n) is 4.49. The standard InChI is InChI=1S/C21H13ClF3N3O4S/c22-13-9-17-18(11-27-20(17)26-10-13)19(29)12-2-1-3-14(8-12)28-33(30,31)16-6-4-15(5-7-16)32-21(23,24)25/h1-11,28H,(H,26,27). The normalized spacial score (nSPS) is 12.0. The number of fused-ring (bicyclic) bond motifs is 1. The molecule has 2 N–H and O–H groups in total. The third kappa shape index (κ3) is 5.10. The fraction of sp³-hybridized carbons (Fsp3) is 0.0476. The predicted molar refractivity (Wildman–Crippen MR) is 115 cm³/mol. The van der Waals surface area contributed by atoms with E-state index in [4.69, 9.17) is 11.6 Å². The highest BCUT2D eigenvalue weighted by molar-refractivity contribution is 7.92. The van der Waals surface area contributed by atoms with Crippen LogP contribution in [0.4, 0.5) is 18.9 Å². The van der Waals surface area contributed by atoms with Gasteiger partial charge in [0.05, 0.1) is 9.92 Å². The van der Waals surface area contributed by atoms with Crippen molar-refractivity contribution in [3.05, 3.63) is 83.1 Å². The number of sulfonamides is 1. The van der Waals surface area contributed by atoms with E-state index in [1.807, 2.05) is 0 Å². The van der Waals surface area contributed by atoms with Crippen LogP contribution in [-0.2, 0) is 10.0 Å². The molecular formula is C21H13ClF3N3O4S. The highest BCUT2D eigenvalue weighted by Crippen LogP contribution is 2.26. The van der Waals surface area contributed by atoms with Crippen molar-refractivity contribution in [2.45, 2.75) is 11.3 Å². The molecule has 0 fully saturated rings. The van der Waals surface area contributed by atoms with Crippen molar-refractivity contribution in [3.63, 3.8) is 0 Å². The number of anilines is 1. The number of rotatable bonds is 6. The fourth-order valence-corrected chi connectivity index (χ4v) is 4.29. The maximum atomic E-state index is 13.0. The van der Waals surface area contributed by atoms with Crippen molar-refractivity contribution in [2.75, 3.05) is 4.72 Å². The van der Waals surface area contributed by atoms with Gasteiger partial charge in [-0.3, -0.25) is 9.52 Å². The molecule has 0 unspecified atom stereocenters. The molecule has 4 rings (SSSR count). The largest absolute Gasteiger partial charge is 0.573 e. The Bertz CT molecular complexity index is 1450. The van der Waals surface area contributed by atoms with Gasteiger partial charge in [-0.2, -0.15) is 0 Å². The van der Waals surface area contributed by atoms with E-state index in [1.165, 1.54) is 36.7 Å². The Morgan fingerprint density at radius 1 is 1.09 bits per heavy atom. The molecule has 0 bridgehead atoms. The first kappa shape index (κ1) is 22.6. The summed E-state index contributed by atoms with van der Waals surface area (Å²) in [7, 11) is -4.14. The van der Waals surface area contributed by atoms with Crippen LogP contribution in [0.5, 0.6) is 5.75 Å². The third-order valence-corrected chi connectivity index (χ3v) is 6.09. The second-order valence-electron chi connectivity index (χ2n) is 6.79. The molecule has 0 aliphatic carbocycles. The second kappa shape index (κ2) is 8.41. The average Bonchev–Trinajstić information content (AvgIpc) is 3.15. The number of benzene rings is 2. The maximum absolute atomic E-state index is 13.0. The minimum absolute atomic E-state index is 0.0902. The number of H-pyrrole nitrogens is 1. The van der Waals surface area contributed by atoms with E-state index in [0.717, 1.165) is 24.3 Å². The van der Waals surface area contributed by atoms with Gasteiger partial charge in [-0.05, 0) is 42.5 Å². The number of nitrogens with zero attached hydrogens (tertiary/aromatic N) is 1. The van der Waals surface area contributed by atoms with Crippen molar-refractivity contribution in [2.24, 2.45) is 0 Å².